The van der Waals surface area contributed by atoms with Crippen molar-refractivity contribution in [3.05, 3.63) is 57.6 Å². The topological polar surface area (TPSA) is 139 Å². The quantitative estimate of drug-likeness (QED) is 0.177. The zero-order valence-electron chi connectivity index (χ0n) is 28.8. The standard InChI is InChI=1S/2C17H25O4P.Ca.4H2/c2*1-8-21-22(19,20)11-12-9-13(16(2,3)4)15(18)14(10-12)17(5,6)7;;;;;/h2*1,9-10,18H,11H2,2-7H3,(H,19,20);;4*1H/q;;+2;;;;/p-2. The summed E-state index contributed by atoms with van der Waals surface area (Å²) >= 11 is 0. The van der Waals surface area contributed by atoms with E-state index in [1.54, 1.807) is 36.5 Å². The maximum atomic E-state index is 11.8. The first kappa shape index (κ1) is 43.4. The van der Waals surface area contributed by atoms with Crippen molar-refractivity contribution in [1.29, 1.82) is 0 Å². The number of aromatic hydroxyl groups is 2. The van der Waals surface area contributed by atoms with E-state index in [4.69, 9.17) is 12.8 Å². The Hall–Kier alpha value is -1.60. The van der Waals surface area contributed by atoms with E-state index in [0.29, 0.717) is 33.4 Å². The van der Waals surface area contributed by atoms with Gasteiger partial charge in [0.1, 0.15) is 23.7 Å². The van der Waals surface area contributed by atoms with Crippen LogP contribution < -0.4 is 9.79 Å². The number of hydrogen-bond donors (Lipinski definition) is 2. The van der Waals surface area contributed by atoms with Crippen molar-refractivity contribution in [1.82, 2.24) is 0 Å². The zero-order valence-corrected chi connectivity index (χ0v) is 32.8. The molecule has 2 aromatic rings. The van der Waals surface area contributed by atoms with Crippen LogP contribution in [-0.4, -0.2) is 48.0 Å². The molecule has 0 fully saturated rings. The Labute approximate surface area is 306 Å². The van der Waals surface area contributed by atoms with Crippen molar-refractivity contribution in [3.8, 4) is 36.6 Å². The van der Waals surface area contributed by atoms with Crippen LogP contribution in [0.2, 0.25) is 0 Å². The van der Waals surface area contributed by atoms with Gasteiger partial charge in [0.05, 0.1) is 0 Å². The third kappa shape index (κ3) is 13.2. The average Bonchev–Trinajstić information content (AvgIpc) is 2.78. The van der Waals surface area contributed by atoms with Gasteiger partial charge >= 0.3 is 37.7 Å². The maximum absolute atomic E-state index is 11.8. The summed E-state index contributed by atoms with van der Waals surface area (Å²) in [5, 5.41) is 21.2. The fourth-order valence-electron chi connectivity index (χ4n) is 4.53. The first-order chi connectivity index (χ1) is 19.6. The molecule has 0 saturated heterocycles. The summed E-state index contributed by atoms with van der Waals surface area (Å²) < 4.78 is 32.4. The molecule has 0 aliphatic carbocycles. The van der Waals surface area contributed by atoms with Crippen LogP contribution in [0.5, 0.6) is 11.5 Å². The SMILES string of the molecule is C#COP(=O)([O-])Cc1cc(C(C)(C)C)c(O)c(C(C)(C)C)c1.C#COP(=O)([O-])Cc1cc(C(C)(C)C)c(O)c(C(C)(C)C)c1.[Ca+2].[HH].[HH].[HH].[HH]. The molecule has 8 nitrogen and oxygen atoms in total. The normalized spacial score (nSPS) is 14.7. The molecule has 0 aliphatic rings. The van der Waals surface area contributed by atoms with Gasteiger partial charge < -0.3 is 29.0 Å². The van der Waals surface area contributed by atoms with Crippen molar-refractivity contribution >= 4 is 52.9 Å². The van der Waals surface area contributed by atoms with E-state index >= 15 is 0 Å². The molecule has 0 amide bonds. The molecule has 0 spiro atoms. The van der Waals surface area contributed by atoms with E-state index in [1.165, 1.54) is 0 Å². The third-order valence-electron chi connectivity index (χ3n) is 6.71. The van der Waals surface area contributed by atoms with Crippen LogP contribution in [0, 0.1) is 25.1 Å². The summed E-state index contributed by atoms with van der Waals surface area (Å²) in [6, 6.07) is 6.81. The van der Waals surface area contributed by atoms with Gasteiger partial charge in [0.25, 0.3) is 0 Å². The fourth-order valence-corrected chi connectivity index (χ4v) is 6.24. The Morgan fingerprint density at radius 2 is 0.822 bits per heavy atom. The van der Waals surface area contributed by atoms with Crippen molar-refractivity contribution in [2.45, 2.75) is 117 Å². The van der Waals surface area contributed by atoms with Crippen LogP contribution >= 0.6 is 15.2 Å². The molecule has 45 heavy (non-hydrogen) atoms. The second-order valence-electron chi connectivity index (χ2n) is 15.0. The molecule has 0 heterocycles. The Balaban J connectivity index is -0.000000239. The minimum absolute atomic E-state index is 0. The first-order valence-electron chi connectivity index (χ1n) is 14.2. The second kappa shape index (κ2) is 15.5. The Morgan fingerprint density at radius 3 is 0.978 bits per heavy atom. The van der Waals surface area contributed by atoms with Crippen LogP contribution in [0.4, 0.5) is 0 Å². The van der Waals surface area contributed by atoms with Gasteiger partial charge in [0.15, 0.2) is 0 Å². The summed E-state index contributed by atoms with van der Waals surface area (Å²) in [6.07, 6.45) is 12.6. The van der Waals surface area contributed by atoms with Gasteiger partial charge in [-0.05, 0) is 55.0 Å². The minimum Gasteiger partial charge on any atom is -0.768 e. The summed E-state index contributed by atoms with van der Waals surface area (Å²) in [6.45, 7) is 23.6. The predicted molar refractivity (Wildman–Crippen MR) is 188 cm³/mol. The summed E-state index contributed by atoms with van der Waals surface area (Å²) in [4.78, 5) is 23.6. The number of terminal acetylenes is 2. The minimum atomic E-state index is -4.14. The number of phenols is 2. The second-order valence-corrected chi connectivity index (χ2v) is 18.5. The predicted octanol–water partition coefficient (Wildman–Crippen LogP) is 7.90. The summed E-state index contributed by atoms with van der Waals surface area (Å²) in [7, 11) is -8.28. The number of phenolic OH excluding ortho intramolecular Hbond substituents is 2. The van der Waals surface area contributed by atoms with E-state index in [2.05, 4.69) is 9.05 Å². The van der Waals surface area contributed by atoms with Crippen LogP contribution in [0.25, 0.3) is 0 Å². The van der Waals surface area contributed by atoms with Gasteiger partial charge in [-0.15, -0.1) is 0 Å². The molecular formula is C34H56CaO8P2. The summed E-state index contributed by atoms with van der Waals surface area (Å²) in [5.74, 6) is 0.421. The van der Waals surface area contributed by atoms with Gasteiger partial charge in [0.2, 0.25) is 15.2 Å². The van der Waals surface area contributed by atoms with Gasteiger partial charge in [0, 0.05) is 18.0 Å². The van der Waals surface area contributed by atoms with Crippen LogP contribution in [0.3, 0.4) is 0 Å². The largest absolute Gasteiger partial charge is 2.00 e. The molecule has 0 radical (unpaired) electrons. The molecule has 0 saturated carbocycles. The van der Waals surface area contributed by atoms with E-state index in [9.17, 15) is 29.1 Å². The molecule has 2 atom stereocenters. The number of benzene rings is 2. The van der Waals surface area contributed by atoms with Crippen LogP contribution in [0.1, 0.15) is 122 Å². The molecule has 252 valence electrons. The van der Waals surface area contributed by atoms with Crippen LogP contribution in [0.15, 0.2) is 24.3 Å². The van der Waals surface area contributed by atoms with Crippen molar-refractivity contribution < 1.29 is 43.9 Å². The molecule has 0 bridgehead atoms. The number of hydrogen-bond acceptors (Lipinski definition) is 8. The van der Waals surface area contributed by atoms with E-state index in [-0.39, 0.29) is 88.9 Å². The Kier molecular flexibility index (Phi) is 15.0. The van der Waals surface area contributed by atoms with Gasteiger partial charge in [-0.2, -0.15) is 0 Å². The molecule has 0 aromatic heterocycles. The first-order valence-corrected chi connectivity index (χ1v) is 17.6. The van der Waals surface area contributed by atoms with Gasteiger partial charge in [-0.25, -0.2) is 0 Å². The van der Waals surface area contributed by atoms with E-state index < -0.39 is 15.2 Å². The molecule has 2 aromatic carbocycles. The third-order valence-corrected chi connectivity index (χ3v) is 8.98. The van der Waals surface area contributed by atoms with Crippen molar-refractivity contribution in [2.75, 3.05) is 0 Å². The monoisotopic (exact) mass is 694 g/mol. The molecule has 2 rings (SSSR count). The molecule has 2 N–H and O–H groups in total. The smallest absolute Gasteiger partial charge is 0.768 e. The van der Waals surface area contributed by atoms with Crippen LogP contribution in [-0.2, 0) is 52.2 Å². The maximum Gasteiger partial charge on any atom is 2.00 e. The summed E-state index contributed by atoms with van der Waals surface area (Å²) in [5.41, 5.74) is 2.65. The molecule has 11 heteroatoms. The Morgan fingerprint density at radius 1 is 0.622 bits per heavy atom. The number of rotatable bonds is 6. The van der Waals surface area contributed by atoms with E-state index in [1.807, 2.05) is 83.1 Å². The zero-order chi connectivity index (χ0) is 34.7. The van der Waals surface area contributed by atoms with E-state index in [0.717, 1.165) is 0 Å². The van der Waals surface area contributed by atoms with Crippen molar-refractivity contribution in [3.63, 3.8) is 0 Å². The fraction of sp³-hybridized carbons (Fsp3) is 0.529. The average molecular weight is 695 g/mol. The van der Waals surface area contributed by atoms with Gasteiger partial charge in [-0.1, -0.05) is 120 Å². The van der Waals surface area contributed by atoms with Gasteiger partial charge in [-0.3, -0.25) is 9.13 Å². The Bertz CT molecular complexity index is 1360. The molecular weight excluding hydrogens is 638 g/mol. The molecule has 2 unspecified atom stereocenters. The van der Waals surface area contributed by atoms with Crippen molar-refractivity contribution in [2.24, 2.45) is 0 Å². The molecule has 0 aliphatic heterocycles.